The number of benzene rings is 7. The zero-order chi connectivity index (χ0) is 31.2. The van der Waals surface area contributed by atoms with E-state index >= 15 is 0 Å². The fourth-order valence-corrected chi connectivity index (χ4v) is 6.80. The number of fused-ring (bicyclic) bond motifs is 4. The molecule has 0 atom stereocenters. The van der Waals surface area contributed by atoms with Crippen LogP contribution in [0.4, 0.5) is 0 Å². The van der Waals surface area contributed by atoms with Gasteiger partial charge in [0.25, 0.3) is 0 Å². The molecular formula is C44H29N3. The Bertz CT molecular complexity index is 2560. The lowest BCUT2D eigenvalue weighted by atomic mass is 9.95. The van der Waals surface area contributed by atoms with Crippen LogP contribution in [0, 0.1) is 0 Å². The third kappa shape index (κ3) is 4.68. The highest BCUT2D eigenvalue weighted by molar-refractivity contribution is 6.11. The maximum atomic E-state index is 5.32. The van der Waals surface area contributed by atoms with Crippen molar-refractivity contribution in [1.29, 1.82) is 0 Å². The number of para-hydroxylation sites is 2. The highest BCUT2D eigenvalue weighted by atomic mass is 15.0. The van der Waals surface area contributed by atoms with Crippen molar-refractivity contribution in [2.45, 2.75) is 0 Å². The molecule has 0 radical (unpaired) electrons. The van der Waals surface area contributed by atoms with Gasteiger partial charge in [-0.3, -0.25) is 0 Å². The number of aromatic nitrogens is 3. The van der Waals surface area contributed by atoms with Crippen LogP contribution in [0.1, 0.15) is 0 Å². The third-order valence-corrected chi connectivity index (χ3v) is 8.99. The van der Waals surface area contributed by atoms with E-state index in [1.54, 1.807) is 0 Å². The van der Waals surface area contributed by atoms with Crippen molar-refractivity contribution in [3.05, 3.63) is 176 Å². The van der Waals surface area contributed by atoms with Gasteiger partial charge in [-0.25, -0.2) is 9.97 Å². The Morgan fingerprint density at radius 1 is 0.404 bits per heavy atom. The Balaban J connectivity index is 1.24. The summed E-state index contributed by atoms with van der Waals surface area (Å²) in [4.78, 5) is 10.6. The summed E-state index contributed by atoms with van der Waals surface area (Å²) >= 11 is 0. The van der Waals surface area contributed by atoms with Crippen LogP contribution >= 0.6 is 0 Å². The van der Waals surface area contributed by atoms with Gasteiger partial charge in [0.2, 0.25) is 0 Å². The van der Waals surface area contributed by atoms with Crippen molar-refractivity contribution < 1.29 is 0 Å². The molecule has 9 aromatic rings. The predicted octanol–water partition coefficient (Wildman–Crippen LogP) is 11.4. The lowest BCUT2D eigenvalue weighted by Crippen LogP contribution is -1.99. The molecular weight excluding hydrogens is 571 g/mol. The van der Waals surface area contributed by atoms with Gasteiger partial charge < -0.3 is 4.57 Å². The molecule has 0 aliphatic rings. The van der Waals surface area contributed by atoms with Crippen LogP contribution in [0.15, 0.2) is 176 Å². The summed E-state index contributed by atoms with van der Waals surface area (Å²) in [5, 5.41) is 3.60. The summed E-state index contributed by atoms with van der Waals surface area (Å²) in [5.74, 6) is 0.708. The van der Waals surface area contributed by atoms with E-state index in [2.05, 4.69) is 174 Å². The zero-order valence-corrected chi connectivity index (χ0v) is 25.6. The summed E-state index contributed by atoms with van der Waals surface area (Å²) in [5.41, 5.74) is 11.8. The molecule has 0 amide bonds. The van der Waals surface area contributed by atoms with Crippen molar-refractivity contribution >= 4 is 32.7 Å². The first kappa shape index (κ1) is 27.0. The van der Waals surface area contributed by atoms with Crippen LogP contribution in [0.3, 0.4) is 0 Å². The summed E-state index contributed by atoms with van der Waals surface area (Å²) in [7, 11) is 0. The normalized spacial score (nSPS) is 11.4. The minimum Gasteiger partial charge on any atom is -0.306 e. The van der Waals surface area contributed by atoms with Crippen LogP contribution in [-0.4, -0.2) is 14.5 Å². The molecule has 220 valence electrons. The van der Waals surface area contributed by atoms with Gasteiger partial charge in [-0.05, 0) is 63.4 Å². The topological polar surface area (TPSA) is 30.7 Å². The van der Waals surface area contributed by atoms with Gasteiger partial charge in [0.1, 0.15) is 5.52 Å². The highest BCUT2D eigenvalue weighted by Crippen LogP contribution is 2.38. The summed E-state index contributed by atoms with van der Waals surface area (Å²) in [6.07, 6.45) is 0. The van der Waals surface area contributed by atoms with Crippen molar-refractivity contribution in [1.82, 2.24) is 14.5 Å². The fourth-order valence-electron chi connectivity index (χ4n) is 6.80. The quantitative estimate of drug-likeness (QED) is 0.197. The fraction of sp³-hybridized carbons (Fsp3) is 0. The van der Waals surface area contributed by atoms with Gasteiger partial charge in [-0.2, -0.15) is 0 Å². The van der Waals surface area contributed by atoms with E-state index in [1.165, 1.54) is 21.9 Å². The maximum Gasteiger partial charge on any atom is 0.160 e. The Kier molecular flexibility index (Phi) is 6.46. The molecule has 0 saturated carbocycles. The molecule has 0 fully saturated rings. The molecule has 0 saturated heterocycles. The Morgan fingerprint density at radius 2 is 0.979 bits per heavy atom. The average molecular weight is 600 g/mol. The van der Waals surface area contributed by atoms with Gasteiger partial charge in [0, 0.05) is 22.2 Å². The smallest absolute Gasteiger partial charge is 0.160 e. The lowest BCUT2D eigenvalue weighted by Gasteiger charge is -2.13. The molecule has 47 heavy (non-hydrogen) atoms. The number of nitrogens with zero attached hydrogens (tertiary/aromatic N) is 3. The second-order valence-corrected chi connectivity index (χ2v) is 11.8. The van der Waals surface area contributed by atoms with Gasteiger partial charge in [-0.1, -0.05) is 146 Å². The van der Waals surface area contributed by atoms with E-state index in [9.17, 15) is 0 Å². The monoisotopic (exact) mass is 599 g/mol. The molecule has 0 N–H and O–H groups in total. The van der Waals surface area contributed by atoms with Crippen molar-refractivity contribution in [3.8, 4) is 50.6 Å². The second kappa shape index (κ2) is 11.2. The Hall–Kier alpha value is -6.32. The lowest BCUT2D eigenvalue weighted by molar-refractivity contribution is 1.15. The van der Waals surface area contributed by atoms with E-state index in [4.69, 9.17) is 9.97 Å². The maximum absolute atomic E-state index is 5.32. The first-order chi connectivity index (χ1) is 23.3. The summed E-state index contributed by atoms with van der Waals surface area (Å²) in [6.45, 7) is 0. The van der Waals surface area contributed by atoms with Crippen LogP contribution in [0.2, 0.25) is 0 Å². The van der Waals surface area contributed by atoms with Crippen LogP contribution < -0.4 is 0 Å². The van der Waals surface area contributed by atoms with Crippen molar-refractivity contribution in [2.24, 2.45) is 0 Å². The summed E-state index contributed by atoms with van der Waals surface area (Å²) < 4.78 is 2.30. The van der Waals surface area contributed by atoms with Gasteiger partial charge in [0.15, 0.2) is 5.82 Å². The largest absolute Gasteiger partial charge is 0.306 e. The van der Waals surface area contributed by atoms with Crippen LogP contribution in [-0.2, 0) is 0 Å². The van der Waals surface area contributed by atoms with Gasteiger partial charge in [0.05, 0.1) is 16.7 Å². The van der Waals surface area contributed by atoms with E-state index in [0.717, 1.165) is 55.6 Å². The van der Waals surface area contributed by atoms with E-state index in [-0.39, 0.29) is 0 Å². The van der Waals surface area contributed by atoms with Gasteiger partial charge in [-0.15, -0.1) is 0 Å². The Morgan fingerprint density at radius 3 is 1.79 bits per heavy atom. The molecule has 2 aromatic heterocycles. The predicted molar refractivity (Wildman–Crippen MR) is 196 cm³/mol. The minimum atomic E-state index is 0.708. The average Bonchev–Trinajstić information content (AvgIpc) is 3.49. The number of hydrogen-bond donors (Lipinski definition) is 0. The van der Waals surface area contributed by atoms with Crippen molar-refractivity contribution in [3.63, 3.8) is 0 Å². The number of hydrogen-bond acceptors (Lipinski definition) is 2. The molecule has 0 spiro atoms. The minimum absolute atomic E-state index is 0.708. The van der Waals surface area contributed by atoms with E-state index < -0.39 is 0 Å². The molecule has 3 heteroatoms. The second-order valence-electron chi connectivity index (χ2n) is 11.8. The third-order valence-electron chi connectivity index (χ3n) is 8.99. The molecule has 9 rings (SSSR count). The molecule has 3 nitrogen and oxygen atoms in total. The zero-order valence-electron chi connectivity index (χ0n) is 25.6. The Labute approximate surface area is 273 Å². The first-order valence-corrected chi connectivity index (χ1v) is 15.9. The molecule has 0 aliphatic heterocycles. The SMILES string of the molecule is c1ccc(-c2nc(-c3cccc(-c4cccc(-c5cccc6ccccc56)c4)c3)nc3c4ccccc4n(-c4ccccc4)c23)cc1. The summed E-state index contributed by atoms with van der Waals surface area (Å²) in [6, 6.07) is 62.0. The first-order valence-electron chi connectivity index (χ1n) is 15.9. The van der Waals surface area contributed by atoms with Gasteiger partial charge >= 0.3 is 0 Å². The molecule has 0 bridgehead atoms. The highest BCUT2D eigenvalue weighted by Gasteiger charge is 2.21. The molecule has 0 aliphatic carbocycles. The van der Waals surface area contributed by atoms with Crippen LogP contribution in [0.25, 0.3) is 83.3 Å². The number of rotatable bonds is 5. The van der Waals surface area contributed by atoms with Crippen LogP contribution in [0.5, 0.6) is 0 Å². The molecule has 2 heterocycles. The molecule has 7 aromatic carbocycles. The standard InChI is InChI=1S/C44H29N3/c1-3-15-31(16-4-1)41-43-42(39-25-9-10-27-40(39)47(43)36-22-5-2-6-23-36)46-44(45-41)35-21-12-19-33(29-35)32-18-11-20-34(28-32)38-26-13-17-30-14-7-8-24-37(30)38/h1-29H. The van der Waals surface area contributed by atoms with E-state index in [0.29, 0.717) is 5.82 Å². The molecule has 0 unspecified atom stereocenters. The van der Waals surface area contributed by atoms with Crippen molar-refractivity contribution in [2.75, 3.05) is 0 Å². The van der Waals surface area contributed by atoms with E-state index in [1.807, 2.05) is 6.07 Å².